The third-order valence-corrected chi connectivity index (χ3v) is 3.66. The van der Waals surface area contributed by atoms with Crippen molar-refractivity contribution in [3.63, 3.8) is 0 Å². The van der Waals surface area contributed by atoms with E-state index in [9.17, 15) is 15.2 Å². The van der Waals surface area contributed by atoms with Gasteiger partial charge in [0.2, 0.25) is 11.8 Å². The molecule has 1 saturated carbocycles. The van der Waals surface area contributed by atoms with Crippen molar-refractivity contribution in [3.05, 3.63) is 15.8 Å². The largest absolute Gasteiger partial charge is 0.393 e. The van der Waals surface area contributed by atoms with Crippen molar-refractivity contribution in [2.45, 2.75) is 38.7 Å². The molecule has 8 heteroatoms. The van der Waals surface area contributed by atoms with Crippen molar-refractivity contribution in [1.82, 2.24) is 9.97 Å². The first kappa shape index (κ1) is 14.4. The van der Waals surface area contributed by atoms with Crippen LogP contribution in [0.5, 0.6) is 0 Å². The average molecular weight is 281 g/mol. The Balaban J connectivity index is 2.14. The second-order valence-corrected chi connectivity index (χ2v) is 5.11. The molecule has 0 amide bonds. The maximum atomic E-state index is 11.1. The van der Waals surface area contributed by atoms with E-state index in [4.69, 9.17) is 5.73 Å². The van der Waals surface area contributed by atoms with Gasteiger partial charge in [-0.3, -0.25) is 10.1 Å². The molecular formula is C12H19N5O3. The maximum absolute atomic E-state index is 11.1. The molecule has 0 radical (unpaired) electrons. The van der Waals surface area contributed by atoms with Gasteiger partial charge in [-0.15, -0.1) is 0 Å². The second-order valence-electron chi connectivity index (χ2n) is 5.11. The molecule has 1 fully saturated rings. The molecule has 4 N–H and O–H groups in total. The summed E-state index contributed by atoms with van der Waals surface area (Å²) in [5.74, 6) is 0.206. The summed E-state index contributed by atoms with van der Waals surface area (Å²) in [4.78, 5) is 18.2. The first-order valence-electron chi connectivity index (χ1n) is 6.69. The zero-order chi connectivity index (χ0) is 14.7. The molecule has 2 atom stereocenters. The quantitative estimate of drug-likeness (QED) is 0.559. The molecule has 0 aliphatic heterocycles. The van der Waals surface area contributed by atoms with E-state index < -0.39 is 4.92 Å². The molecule has 0 aromatic carbocycles. The Morgan fingerprint density at radius 1 is 1.45 bits per heavy atom. The van der Waals surface area contributed by atoms with E-state index in [1.54, 1.807) is 0 Å². The van der Waals surface area contributed by atoms with E-state index >= 15 is 0 Å². The van der Waals surface area contributed by atoms with Crippen molar-refractivity contribution in [2.75, 3.05) is 17.6 Å². The lowest BCUT2D eigenvalue weighted by Gasteiger charge is -2.27. The normalized spacial score (nSPS) is 22.5. The molecule has 8 nitrogen and oxygen atoms in total. The minimum absolute atomic E-state index is 0.000192. The number of nitro groups is 1. The standard InChI is InChI=1S/C12H19N5O3/c1-7-10(17(19)20)11(16-12(13)15-7)14-6-8-4-2-3-5-9(8)18/h8-9,18H,2-6H2,1H3,(H3,13,14,15,16). The van der Waals surface area contributed by atoms with Crippen molar-refractivity contribution in [1.29, 1.82) is 0 Å². The number of anilines is 2. The number of rotatable bonds is 4. The van der Waals surface area contributed by atoms with Gasteiger partial charge in [0.05, 0.1) is 11.0 Å². The van der Waals surface area contributed by atoms with Crippen LogP contribution in [0.1, 0.15) is 31.4 Å². The summed E-state index contributed by atoms with van der Waals surface area (Å²) in [5.41, 5.74) is 5.60. The lowest BCUT2D eigenvalue weighted by atomic mass is 9.86. The van der Waals surface area contributed by atoms with E-state index in [2.05, 4.69) is 15.3 Å². The average Bonchev–Trinajstić information content (AvgIpc) is 2.36. The highest BCUT2D eigenvalue weighted by Crippen LogP contribution is 2.28. The number of nitrogens with zero attached hydrogens (tertiary/aromatic N) is 3. The minimum atomic E-state index is -0.519. The highest BCUT2D eigenvalue weighted by molar-refractivity contribution is 5.60. The Morgan fingerprint density at radius 3 is 2.80 bits per heavy atom. The Hall–Kier alpha value is -1.96. The van der Waals surface area contributed by atoms with Gasteiger partial charge >= 0.3 is 5.69 Å². The van der Waals surface area contributed by atoms with E-state index in [0.717, 1.165) is 25.7 Å². The van der Waals surface area contributed by atoms with Gasteiger partial charge in [-0.2, -0.15) is 4.98 Å². The SMILES string of the molecule is Cc1nc(N)nc(NCC2CCCCC2O)c1[N+](=O)[O-]. The summed E-state index contributed by atoms with van der Waals surface area (Å²) in [7, 11) is 0. The number of hydrogen-bond acceptors (Lipinski definition) is 7. The van der Waals surface area contributed by atoms with Crippen LogP contribution in [0.2, 0.25) is 0 Å². The van der Waals surface area contributed by atoms with E-state index in [-0.39, 0.29) is 35.2 Å². The Labute approximate surface area is 116 Å². The van der Waals surface area contributed by atoms with Crippen LogP contribution in [0.3, 0.4) is 0 Å². The van der Waals surface area contributed by atoms with Gasteiger partial charge in [-0.1, -0.05) is 12.8 Å². The molecule has 1 aliphatic carbocycles. The topological polar surface area (TPSA) is 127 Å². The summed E-state index contributed by atoms with van der Waals surface area (Å²) in [6, 6.07) is 0. The van der Waals surface area contributed by atoms with E-state index in [1.165, 1.54) is 6.92 Å². The summed E-state index contributed by atoms with van der Waals surface area (Å²) in [6.07, 6.45) is 3.41. The molecule has 2 rings (SSSR count). The zero-order valence-electron chi connectivity index (χ0n) is 11.4. The highest BCUT2D eigenvalue weighted by Gasteiger charge is 2.26. The zero-order valence-corrected chi connectivity index (χ0v) is 11.4. The summed E-state index contributed by atoms with van der Waals surface area (Å²) < 4.78 is 0. The predicted molar refractivity (Wildman–Crippen MR) is 74.3 cm³/mol. The Morgan fingerprint density at radius 2 is 2.15 bits per heavy atom. The van der Waals surface area contributed by atoms with Crippen molar-refractivity contribution < 1.29 is 10.0 Å². The fourth-order valence-electron chi connectivity index (χ4n) is 2.58. The lowest BCUT2D eigenvalue weighted by Crippen LogP contribution is -2.30. The molecular weight excluding hydrogens is 262 g/mol. The van der Waals surface area contributed by atoms with Crippen LogP contribution in [0.25, 0.3) is 0 Å². The van der Waals surface area contributed by atoms with Gasteiger partial charge < -0.3 is 16.2 Å². The summed E-state index contributed by atoms with van der Waals surface area (Å²) in [5, 5.41) is 23.9. The molecule has 2 unspecified atom stereocenters. The molecule has 1 aromatic heterocycles. The third kappa shape index (κ3) is 3.13. The van der Waals surface area contributed by atoms with Crippen LogP contribution >= 0.6 is 0 Å². The van der Waals surface area contributed by atoms with Crippen LogP contribution in [0.15, 0.2) is 0 Å². The first-order valence-corrected chi connectivity index (χ1v) is 6.69. The van der Waals surface area contributed by atoms with Crippen LogP contribution in [-0.4, -0.2) is 32.6 Å². The molecule has 0 saturated heterocycles. The fraction of sp³-hybridized carbons (Fsp3) is 0.667. The van der Waals surface area contributed by atoms with Gasteiger partial charge in [0.25, 0.3) is 0 Å². The van der Waals surface area contributed by atoms with Gasteiger partial charge in [0.1, 0.15) is 5.69 Å². The van der Waals surface area contributed by atoms with Gasteiger partial charge in [0, 0.05) is 12.5 Å². The van der Waals surface area contributed by atoms with Crippen molar-refractivity contribution in [3.8, 4) is 0 Å². The van der Waals surface area contributed by atoms with Crippen molar-refractivity contribution >= 4 is 17.5 Å². The molecule has 0 bridgehead atoms. The Kier molecular flexibility index (Phi) is 4.33. The fourth-order valence-corrected chi connectivity index (χ4v) is 2.58. The molecule has 110 valence electrons. The minimum Gasteiger partial charge on any atom is -0.393 e. The smallest absolute Gasteiger partial charge is 0.332 e. The molecule has 1 heterocycles. The number of aliphatic hydroxyl groups is 1. The maximum Gasteiger partial charge on any atom is 0.332 e. The van der Waals surface area contributed by atoms with Gasteiger partial charge in [-0.05, 0) is 19.8 Å². The molecule has 20 heavy (non-hydrogen) atoms. The van der Waals surface area contributed by atoms with Gasteiger partial charge in [0.15, 0.2) is 0 Å². The van der Waals surface area contributed by atoms with Crippen LogP contribution in [0, 0.1) is 23.0 Å². The number of hydrogen-bond donors (Lipinski definition) is 3. The number of aliphatic hydroxyl groups excluding tert-OH is 1. The highest BCUT2D eigenvalue weighted by atomic mass is 16.6. The van der Waals surface area contributed by atoms with Crippen molar-refractivity contribution in [2.24, 2.45) is 5.92 Å². The van der Waals surface area contributed by atoms with Crippen LogP contribution in [0.4, 0.5) is 17.5 Å². The van der Waals surface area contributed by atoms with E-state index in [1.807, 2.05) is 0 Å². The van der Waals surface area contributed by atoms with E-state index in [0.29, 0.717) is 6.54 Å². The van der Waals surface area contributed by atoms with Crippen LogP contribution in [-0.2, 0) is 0 Å². The van der Waals surface area contributed by atoms with Gasteiger partial charge in [-0.25, -0.2) is 4.98 Å². The van der Waals surface area contributed by atoms with Crippen LogP contribution < -0.4 is 11.1 Å². The number of nitrogen functional groups attached to an aromatic ring is 1. The Bertz CT molecular complexity index is 508. The third-order valence-electron chi connectivity index (χ3n) is 3.66. The second kappa shape index (κ2) is 6.00. The molecule has 1 aliphatic rings. The lowest BCUT2D eigenvalue weighted by molar-refractivity contribution is -0.385. The molecule has 1 aromatic rings. The summed E-state index contributed by atoms with van der Waals surface area (Å²) >= 11 is 0. The number of nitrogens with one attached hydrogen (secondary N) is 1. The number of nitrogens with two attached hydrogens (primary N) is 1. The predicted octanol–water partition coefficient (Wildman–Crippen LogP) is 1.24. The number of aromatic nitrogens is 2. The monoisotopic (exact) mass is 281 g/mol. The first-order chi connectivity index (χ1) is 9.49. The molecule has 0 spiro atoms. The summed E-state index contributed by atoms with van der Waals surface area (Å²) in [6.45, 7) is 1.97. The number of aryl methyl sites for hydroxylation is 1.